The average molecular weight is 223 g/mol. The molecular formula is C11H17N3O2. The lowest BCUT2D eigenvalue weighted by molar-refractivity contribution is -0.138. The molecule has 5 nitrogen and oxygen atoms in total. The van der Waals surface area contributed by atoms with E-state index in [2.05, 4.69) is 10.7 Å². The summed E-state index contributed by atoms with van der Waals surface area (Å²) < 4.78 is 1.96. The largest absolute Gasteiger partial charge is 0.481 e. The van der Waals surface area contributed by atoms with Gasteiger partial charge in [0.2, 0.25) is 0 Å². The molecule has 0 unspecified atom stereocenters. The maximum Gasteiger partial charge on any atom is 0.305 e. The fraction of sp³-hybridized carbons (Fsp3) is 0.545. The molecule has 1 aliphatic rings. The number of carboxylic acids is 1. The molecule has 0 amide bonds. The molecule has 3 N–H and O–H groups in total. The number of carboxylic acid groups (broad SMARTS) is 1. The fourth-order valence-corrected chi connectivity index (χ4v) is 2.04. The van der Waals surface area contributed by atoms with Gasteiger partial charge in [-0.2, -0.15) is 0 Å². The van der Waals surface area contributed by atoms with Gasteiger partial charge in [0.05, 0.1) is 12.0 Å². The Hall–Kier alpha value is -1.49. The molecule has 0 bridgehead atoms. The van der Waals surface area contributed by atoms with Crippen LogP contribution in [0.1, 0.15) is 17.8 Å². The maximum absolute atomic E-state index is 10.8. The molecule has 5 heteroatoms. The zero-order valence-electron chi connectivity index (χ0n) is 9.58. The summed E-state index contributed by atoms with van der Waals surface area (Å²) in [6, 6.07) is 4.03. The number of carbonyl (C=O) groups is 1. The summed E-state index contributed by atoms with van der Waals surface area (Å²) in [5.41, 5.74) is 5.15. The van der Waals surface area contributed by atoms with Crippen molar-refractivity contribution >= 4 is 5.97 Å². The zero-order valence-corrected chi connectivity index (χ0v) is 9.58. The van der Waals surface area contributed by atoms with Crippen LogP contribution >= 0.6 is 0 Å². The minimum atomic E-state index is -0.767. The number of aryl methyl sites for hydroxylation is 2. The van der Waals surface area contributed by atoms with Gasteiger partial charge in [-0.25, -0.2) is 0 Å². The van der Waals surface area contributed by atoms with Crippen molar-refractivity contribution in [2.24, 2.45) is 0 Å². The van der Waals surface area contributed by atoms with Gasteiger partial charge in [-0.1, -0.05) is 0 Å². The monoisotopic (exact) mass is 223 g/mol. The zero-order chi connectivity index (χ0) is 11.8. The van der Waals surface area contributed by atoms with Gasteiger partial charge in [-0.05, 0) is 26.0 Å². The smallest absolute Gasteiger partial charge is 0.305 e. The Bertz CT molecular complexity index is 388. The van der Waals surface area contributed by atoms with Crippen molar-refractivity contribution in [3.05, 3.63) is 23.5 Å². The lowest BCUT2D eigenvalue weighted by atomic mass is 9.89. The molecule has 0 spiro atoms. The molecule has 16 heavy (non-hydrogen) atoms. The quantitative estimate of drug-likeness (QED) is 0.694. The number of rotatable bonds is 4. The first-order valence-electron chi connectivity index (χ1n) is 5.38. The van der Waals surface area contributed by atoms with Crippen LogP contribution in [0.4, 0.5) is 0 Å². The Morgan fingerprint density at radius 1 is 1.50 bits per heavy atom. The summed E-state index contributed by atoms with van der Waals surface area (Å²) in [4.78, 5) is 10.8. The van der Waals surface area contributed by atoms with Crippen LogP contribution < -0.4 is 10.7 Å². The third kappa shape index (κ3) is 1.90. The molecule has 1 aliphatic heterocycles. The van der Waals surface area contributed by atoms with Gasteiger partial charge in [0.15, 0.2) is 0 Å². The fourth-order valence-electron chi connectivity index (χ4n) is 2.04. The van der Waals surface area contributed by atoms with Crippen LogP contribution in [0.3, 0.4) is 0 Å². The van der Waals surface area contributed by atoms with Crippen LogP contribution in [0, 0.1) is 13.8 Å². The number of hydrogen-bond donors (Lipinski definition) is 3. The summed E-state index contributed by atoms with van der Waals surface area (Å²) in [5, 5.41) is 12.0. The van der Waals surface area contributed by atoms with Gasteiger partial charge in [0, 0.05) is 24.5 Å². The first kappa shape index (κ1) is 11.0. The van der Waals surface area contributed by atoms with Crippen molar-refractivity contribution < 1.29 is 9.90 Å². The Labute approximate surface area is 94.4 Å². The number of aliphatic carboxylic acids is 1. The highest BCUT2D eigenvalue weighted by Crippen LogP contribution is 2.19. The Balaban J connectivity index is 2.15. The summed E-state index contributed by atoms with van der Waals surface area (Å²) in [6.45, 7) is 5.38. The minimum absolute atomic E-state index is 0.136. The maximum atomic E-state index is 10.8. The van der Waals surface area contributed by atoms with Gasteiger partial charge in [-0.3, -0.25) is 9.47 Å². The van der Waals surface area contributed by atoms with Gasteiger partial charge >= 0.3 is 5.97 Å². The van der Waals surface area contributed by atoms with Crippen LogP contribution in [0.2, 0.25) is 0 Å². The summed E-state index contributed by atoms with van der Waals surface area (Å²) >= 11 is 0. The summed E-state index contributed by atoms with van der Waals surface area (Å²) in [7, 11) is 0. The van der Waals surface area contributed by atoms with Crippen LogP contribution in [-0.4, -0.2) is 34.4 Å². The van der Waals surface area contributed by atoms with E-state index in [-0.39, 0.29) is 12.0 Å². The Kier molecular flexibility index (Phi) is 2.63. The Morgan fingerprint density at radius 2 is 2.06 bits per heavy atom. The number of hydrogen-bond acceptors (Lipinski definition) is 3. The second-order valence-electron chi connectivity index (χ2n) is 4.52. The third-order valence-electron chi connectivity index (χ3n) is 3.04. The summed E-state index contributed by atoms with van der Waals surface area (Å²) in [5.74, 6) is -0.767. The molecule has 1 saturated heterocycles. The van der Waals surface area contributed by atoms with Gasteiger partial charge < -0.3 is 15.8 Å². The molecule has 88 valence electrons. The second-order valence-corrected chi connectivity index (χ2v) is 4.52. The van der Waals surface area contributed by atoms with Crippen LogP contribution in [0.25, 0.3) is 0 Å². The van der Waals surface area contributed by atoms with E-state index in [1.54, 1.807) is 0 Å². The summed E-state index contributed by atoms with van der Waals surface area (Å²) in [6.07, 6.45) is 0.136. The highest BCUT2D eigenvalue weighted by atomic mass is 16.4. The van der Waals surface area contributed by atoms with Crippen molar-refractivity contribution in [2.75, 3.05) is 18.5 Å². The Morgan fingerprint density at radius 3 is 2.44 bits per heavy atom. The molecule has 0 aromatic carbocycles. The first-order valence-corrected chi connectivity index (χ1v) is 5.38. The second kappa shape index (κ2) is 3.83. The van der Waals surface area contributed by atoms with Crippen LogP contribution in [0.15, 0.2) is 12.1 Å². The van der Waals surface area contributed by atoms with Crippen molar-refractivity contribution in [3.8, 4) is 0 Å². The molecule has 0 saturated carbocycles. The number of aromatic nitrogens is 1. The van der Waals surface area contributed by atoms with E-state index in [1.165, 1.54) is 0 Å². The molecule has 1 fully saturated rings. The van der Waals surface area contributed by atoms with Crippen molar-refractivity contribution in [2.45, 2.75) is 25.8 Å². The molecule has 0 radical (unpaired) electrons. The van der Waals surface area contributed by atoms with E-state index in [0.29, 0.717) is 13.1 Å². The molecular weight excluding hydrogens is 206 g/mol. The number of nitrogens with zero attached hydrogens (tertiary/aromatic N) is 1. The van der Waals surface area contributed by atoms with Gasteiger partial charge in [-0.15, -0.1) is 0 Å². The highest BCUT2D eigenvalue weighted by Gasteiger charge is 2.39. The van der Waals surface area contributed by atoms with E-state index in [9.17, 15) is 4.79 Å². The SMILES string of the molecule is Cc1ccc(C)n1NC1(CC(=O)O)CNC1. The van der Waals surface area contributed by atoms with Crippen molar-refractivity contribution in [1.29, 1.82) is 0 Å². The standard InChI is InChI=1S/C11H17N3O2/c1-8-3-4-9(2)14(8)13-11(5-10(15)16)6-12-7-11/h3-4,12-13H,5-7H2,1-2H3,(H,15,16). The minimum Gasteiger partial charge on any atom is -0.481 e. The van der Waals surface area contributed by atoms with E-state index < -0.39 is 5.97 Å². The lowest BCUT2D eigenvalue weighted by Gasteiger charge is -2.43. The highest BCUT2D eigenvalue weighted by molar-refractivity contribution is 5.69. The third-order valence-corrected chi connectivity index (χ3v) is 3.04. The van der Waals surface area contributed by atoms with Crippen molar-refractivity contribution in [1.82, 2.24) is 9.99 Å². The van der Waals surface area contributed by atoms with Crippen molar-refractivity contribution in [3.63, 3.8) is 0 Å². The predicted molar refractivity (Wildman–Crippen MR) is 61.1 cm³/mol. The van der Waals surface area contributed by atoms with E-state index in [4.69, 9.17) is 5.11 Å². The lowest BCUT2D eigenvalue weighted by Crippen LogP contribution is -2.67. The van der Waals surface area contributed by atoms with Gasteiger partial charge in [0.25, 0.3) is 0 Å². The predicted octanol–water partition coefficient (Wildman–Crippen LogP) is 0.465. The molecule has 0 atom stereocenters. The molecule has 2 heterocycles. The first-order chi connectivity index (χ1) is 7.52. The number of nitrogens with one attached hydrogen (secondary N) is 2. The molecule has 1 aromatic rings. The normalized spacial score (nSPS) is 17.9. The van der Waals surface area contributed by atoms with Crippen LogP contribution in [-0.2, 0) is 4.79 Å². The van der Waals surface area contributed by atoms with E-state index in [0.717, 1.165) is 11.4 Å². The average Bonchev–Trinajstić information content (AvgIpc) is 2.44. The molecule has 1 aromatic heterocycles. The molecule has 2 rings (SSSR count). The van der Waals surface area contributed by atoms with E-state index in [1.807, 2.05) is 30.7 Å². The molecule has 0 aliphatic carbocycles. The topological polar surface area (TPSA) is 66.3 Å². The van der Waals surface area contributed by atoms with E-state index >= 15 is 0 Å². The van der Waals surface area contributed by atoms with Gasteiger partial charge in [0.1, 0.15) is 0 Å². The van der Waals surface area contributed by atoms with Crippen LogP contribution in [0.5, 0.6) is 0 Å².